The van der Waals surface area contributed by atoms with Crippen molar-refractivity contribution in [1.29, 1.82) is 0 Å². The van der Waals surface area contributed by atoms with Gasteiger partial charge in [-0.15, -0.1) is 0 Å². The van der Waals surface area contributed by atoms with Crippen LogP contribution in [0.3, 0.4) is 0 Å². The molecule has 0 aliphatic rings. The summed E-state index contributed by atoms with van der Waals surface area (Å²) in [6.07, 6.45) is 10.5. The molecule has 2 rings (SSSR count). The van der Waals surface area contributed by atoms with Crippen LogP contribution in [0.1, 0.15) is 57.1 Å². The Morgan fingerprint density at radius 3 is 2.29 bits per heavy atom. The van der Waals surface area contributed by atoms with Crippen molar-refractivity contribution in [1.82, 2.24) is 4.57 Å². The van der Waals surface area contributed by atoms with Crippen molar-refractivity contribution < 1.29 is 40.8 Å². The monoisotopic (exact) mass is 498 g/mol. The average Bonchev–Trinajstić information content (AvgIpc) is 3.21. The molecule has 0 N–H and O–H groups in total. The maximum Gasteiger partial charge on any atom is 0.351 e. The minimum Gasteiger partial charge on any atom is -0.726 e. The van der Waals surface area contributed by atoms with E-state index < -0.39 is 28.4 Å². The number of nitrogens with zero attached hydrogens (tertiary/aromatic N) is 2. The second-order valence-corrected chi connectivity index (χ2v) is 8.61. The number of carbonyl (C=O) groups is 2. The third-order valence-corrected chi connectivity index (χ3v) is 5.08. The maximum absolute atomic E-state index is 12.0. The van der Waals surface area contributed by atoms with E-state index >= 15 is 0 Å². The van der Waals surface area contributed by atoms with Crippen molar-refractivity contribution in [3.8, 4) is 0 Å². The second kappa shape index (κ2) is 16.0. The van der Waals surface area contributed by atoms with Crippen molar-refractivity contribution in [2.24, 2.45) is 7.05 Å². The molecule has 0 saturated heterocycles. The summed E-state index contributed by atoms with van der Waals surface area (Å²) in [5.41, 5.74) is 0.579. The van der Waals surface area contributed by atoms with E-state index in [-0.39, 0.29) is 13.2 Å². The number of unbranched alkanes of at least 4 members (excludes halogenated alkanes) is 5. The number of methoxy groups -OCH3 is 1. The largest absolute Gasteiger partial charge is 0.726 e. The Balaban J connectivity index is 0.000000385. The van der Waals surface area contributed by atoms with Crippen LogP contribution in [-0.2, 0) is 47.2 Å². The van der Waals surface area contributed by atoms with E-state index in [2.05, 4.69) is 11.1 Å². The summed E-state index contributed by atoms with van der Waals surface area (Å²) in [6.45, 7) is 2.19. The molecular weight excluding hydrogens is 464 g/mol. The number of hydrogen-bond donors (Lipinski definition) is 0. The molecule has 190 valence electrons. The molecular formula is C23H34N2O8S. The number of ether oxygens (including phenoxy) is 2. The zero-order valence-corrected chi connectivity index (χ0v) is 20.7. The van der Waals surface area contributed by atoms with Crippen LogP contribution in [-0.4, -0.2) is 43.2 Å². The van der Waals surface area contributed by atoms with Crippen molar-refractivity contribution in [2.45, 2.75) is 58.1 Å². The van der Waals surface area contributed by atoms with Crippen LogP contribution in [0.4, 0.5) is 0 Å². The molecule has 1 heterocycles. The van der Waals surface area contributed by atoms with Gasteiger partial charge in [0.15, 0.2) is 6.54 Å². The van der Waals surface area contributed by atoms with Gasteiger partial charge in [0, 0.05) is 5.56 Å². The average molecular weight is 499 g/mol. The van der Waals surface area contributed by atoms with Gasteiger partial charge >= 0.3 is 11.9 Å². The SMILES string of the molecule is CCCCCCCCOS(=O)(=O)[O-].COC(=O)C(OC(=O)Cn1cc[n+](C)c1)c1ccccc1. The summed E-state index contributed by atoms with van der Waals surface area (Å²) in [7, 11) is -1.36. The van der Waals surface area contributed by atoms with E-state index in [0.717, 1.165) is 12.8 Å². The Morgan fingerprint density at radius 2 is 1.74 bits per heavy atom. The lowest BCUT2D eigenvalue weighted by molar-refractivity contribution is -0.671. The highest BCUT2D eigenvalue weighted by Crippen LogP contribution is 2.19. The first-order valence-corrected chi connectivity index (χ1v) is 12.4. The van der Waals surface area contributed by atoms with E-state index in [1.54, 1.807) is 41.4 Å². The van der Waals surface area contributed by atoms with Crippen LogP contribution < -0.4 is 4.57 Å². The maximum atomic E-state index is 12.0. The van der Waals surface area contributed by atoms with E-state index in [1.165, 1.54) is 26.4 Å². The third-order valence-electron chi connectivity index (χ3n) is 4.63. The number of hydrogen-bond acceptors (Lipinski definition) is 8. The van der Waals surface area contributed by atoms with Crippen LogP contribution in [0.25, 0.3) is 0 Å². The van der Waals surface area contributed by atoms with Gasteiger partial charge in [0.2, 0.25) is 22.8 Å². The first-order chi connectivity index (χ1) is 16.2. The summed E-state index contributed by atoms with van der Waals surface area (Å²) in [6, 6.07) is 8.78. The Labute approximate surface area is 201 Å². The van der Waals surface area contributed by atoms with Gasteiger partial charge in [-0.05, 0) is 6.42 Å². The summed E-state index contributed by atoms with van der Waals surface area (Å²) in [5, 5.41) is 0. The number of esters is 2. The first-order valence-electron chi connectivity index (χ1n) is 11.1. The van der Waals surface area contributed by atoms with Crippen LogP contribution in [0.5, 0.6) is 0 Å². The minimum atomic E-state index is -4.47. The lowest BCUT2D eigenvalue weighted by atomic mass is 10.1. The topological polar surface area (TPSA) is 128 Å². The summed E-state index contributed by atoms with van der Waals surface area (Å²) in [4.78, 5) is 23.8. The number of imidazole rings is 1. The molecule has 0 aliphatic carbocycles. The second-order valence-electron chi connectivity index (χ2n) is 7.55. The molecule has 0 radical (unpaired) electrons. The third kappa shape index (κ3) is 13.1. The zero-order valence-electron chi connectivity index (χ0n) is 19.9. The molecule has 2 aromatic rings. The van der Waals surface area contributed by atoms with E-state index in [1.807, 2.05) is 23.9 Å². The van der Waals surface area contributed by atoms with Crippen molar-refractivity contribution in [3.05, 3.63) is 54.6 Å². The van der Waals surface area contributed by atoms with E-state index in [0.29, 0.717) is 12.0 Å². The van der Waals surface area contributed by atoms with Gasteiger partial charge in [0.1, 0.15) is 12.4 Å². The number of benzene rings is 1. The highest BCUT2D eigenvalue weighted by molar-refractivity contribution is 7.80. The standard InChI is InChI=1S/C15H17N2O4.C8H18O4S/c1-16-8-9-17(11-16)10-13(18)21-14(15(19)20-2)12-6-4-3-5-7-12;1-2-3-4-5-6-7-8-12-13(9,10)11/h3-9,11,14H,10H2,1-2H3;2-8H2,1H3,(H,9,10,11)/q+1;/p-1. The van der Waals surface area contributed by atoms with Crippen molar-refractivity contribution >= 4 is 22.3 Å². The molecule has 0 saturated carbocycles. The molecule has 1 unspecified atom stereocenters. The number of rotatable bonds is 13. The molecule has 0 bridgehead atoms. The molecule has 1 aromatic carbocycles. The van der Waals surface area contributed by atoms with E-state index in [4.69, 9.17) is 9.47 Å². The summed E-state index contributed by atoms with van der Waals surface area (Å²) >= 11 is 0. The Bertz CT molecular complexity index is 960. The molecule has 11 heteroatoms. The Morgan fingerprint density at radius 1 is 1.09 bits per heavy atom. The number of aromatic nitrogens is 2. The Kier molecular flexibility index (Phi) is 13.7. The van der Waals surface area contributed by atoms with Crippen LogP contribution in [0, 0.1) is 0 Å². The van der Waals surface area contributed by atoms with Gasteiger partial charge in [-0.2, -0.15) is 0 Å². The predicted molar refractivity (Wildman–Crippen MR) is 122 cm³/mol. The summed E-state index contributed by atoms with van der Waals surface area (Å²) in [5.74, 6) is -1.11. The zero-order chi connectivity index (χ0) is 25.4. The lowest BCUT2D eigenvalue weighted by Crippen LogP contribution is -2.26. The Hall–Kier alpha value is -2.76. The lowest BCUT2D eigenvalue weighted by Gasteiger charge is -2.15. The van der Waals surface area contributed by atoms with Crippen molar-refractivity contribution in [3.63, 3.8) is 0 Å². The van der Waals surface area contributed by atoms with E-state index in [9.17, 15) is 22.6 Å². The predicted octanol–water partition coefficient (Wildman–Crippen LogP) is 2.59. The van der Waals surface area contributed by atoms with Crippen LogP contribution in [0.2, 0.25) is 0 Å². The molecule has 1 aromatic heterocycles. The van der Waals surface area contributed by atoms with Crippen LogP contribution in [0.15, 0.2) is 49.1 Å². The first kappa shape index (κ1) is 29.3. The van der Waals surface area contributed by atoms with Gasteiger partial charge in [-0.25, -0.2) is 27.1 Å². The smallest absolute Gasteiger partial charge is 0.351 e. The van der Waals surface area contributed by atoms with Gasteiger partial charge in [0.05, 0.1) is 20.8 Å². The van der Waals surface area contributed by atoms with Gasteiger partial charge in [-0.3, -0.25) is 4.18 Å². The van der Waals surface area contributed by atoms with Crippen molar-refractivity contribution in [2.75, 3.05) is 13.7 Å². The van der Waals surface area contributed by atoms with Gasteiger partial charge < -0.3 is 14.0 Å². The molecule has 0 fully saturated rings. The van der Waals surface area contributed by atoms with Gasteiger partial charge in [-0.1, -0.05) is 69.4 Å². The molecule has 1 atom stereocenters. The van der Waals surface area contributed by atoms with Crippen LogP contribution >= 0.6 is 0 Å². The van der Waals surface area contributed by atoms with Gasteiger partial charge in [0.25, 0.3) is 0 Å². The molecule has 10 nitrogen and oxygen atoms in total. The fourth-order valence-corrected chi connectivity index (χ4v) is 3.27. The highest BCUT2D eigenvalue weighted by atomic mass is 32.3. The number of aryl methyl sites for hydroxylation is 1. The fraction of sp³-hybridized carbons (Fsp3) is 0.522. The molecule has 0 aliphatic heterocycles. The molecule has 0 spiro atoms. The number of carbonyl (C=O) groups excluding carboxylic acids is 2. The quantitative estimate of drug-likeness (QED) is 0.136. The molecule has 0 amide bonds. The molecule has 34 heavy (non-hydrogen) atoms. The minimum absolute atomic E-state index is 0.0258. The normalized spacial score (nSPS) is 11.8. The highest BCUT2D eigenvalue weighted by Gasteiger charge is 2.26. The summed E-state index contributed by atoms with van der Waals surface area (Å²) < 4.78 is 47.4. The fourth-order valence-electron chi connectivity index (χ4n) is 2.94.